The van der Waals surface area contributed by atoms with E-state index in [1.165, 1.54) is 6.20 Å². The molecule has 0 fully saturated rings. The second-order valence-corrected chi connectivity index (χ2v) is 6.57. The van der Waals surface area contributed by atoms with Crippen molar-refractivity contribution >= 4 is 17.4 Å². The van der Waals surface area contributed by atoms with Gasteiger partial charge in [0.15, 0.2) is 5.82 Å². The van der Waals surface area contributed by atoms with E-state index >= 15 is 0 Å². The maximum Gasteiger partial charge on any atom is 0.324 e. The number of nitrogens with zero attached hydrogens (tertiary/aromatic N) is 3. The Kier molecular flexibility index (Phi) is 6.12. The van der Waals surface area contributed by atoms with Crippen LogP contribution in [-0.2, 0) is 10.2 Å². The number of benzene rings is 1. The normalized spacial score (nSPS) is 10.8. The van der Waals surface area contributed by atoms with Gasteiger partial charge in [0.25, 0.3) is 0 Å². The number of carbonyl (C=O) groups is 1. The van der Waals surface area contributed by atoms with Crippen molar-refractivity contribution in [2.75, 3.05) is 11.1 Å². The second-order valence-electron chi connectivity index (χ2n) is 6.57. The first-order valence-electron chi connectivity index (χ1n) is 8.44. The van der Waals surface area contributed by atoms with Crippen LogP contribution >= 0.6 is 0 Å². The summed E-state index contributed by atoms with van der Waals surface area (Å²) in [5, 5.41) is 11.7. The number of para-hydroxylation sites is 1. The molecule has 26 heavy (non-hydrogen) atoms. The SMILES string of the molecule is CCCC(=O)Nc1cnc(Oc2ccccc2C(C)(C)CC#N)nc1N. The van der Waals surface area contributed by atoms with E-state index in [0.717, 1.165) is 12.0 Å². The summed E-state index contributed by atoms with van der Waals surface area (Å²) in [6.45, 7) is 5.86. The van der Waals surface area contributed by atoms with Crippen molar-refractivity contribution in [3.8, 4) is 17.8 Å². The van der Waals surface area contributed by atoms with Crippen LogP contribution in [0.2, 0.25) is 0 Å². The topological polar surface area (TPSA) is 114 Å². The molecule has 0 bridgehead atoms. The van der Waals surface area contributed by atoms with Crippen molar-refractivity contribution in [2.45, 2.75) is 45.4 Å². The van der Waals surface area contributed by atoms with Gasteiger partial charge >= 0.3 is 6.01 Å². The molecule has 1 aromatic carbocycles. The van der Waals surface area contributed by atoms with Gasteiger partial charge in [-0.3, -0.25) is 4.79 Å². The summed E-state index contributed by atoms with van der Waals surface area (Å²) in [5.74, 6) is 0.559. The summed E-state index contributed by atoms with van der Waals surface area (Å²) in [6, 6.07) is 9.71. The van der Waals surface area contributed by atoms with Crippen LogP contribution in [-0.4, -0.2) is 15.9 Å². The smallest absolute Gasteiger partial charge is 0.324 e. The van der Waals surface area contributed by atoms with Crippen LogP contribution in [0.25, 0.3) is 0 Å². The van der Waals surface area contributed by atoms with Gasteiger partial charge in [-0.25, -0.2) is 4.98 Å². The molecule has 2 rings (SSSR count). The summed E-state index contributed by atoms with van der Waals surface area (Å²) in [5.41, 5.74) is 6.75. The molecule has 0 atom stereocenters. The van der Waals surface area contributed by atoms with Crippen molar-refractivity contribution in [3.63, 3.8) is 0 Å². The predicted octanol–water partition coefficient (Wildman–Crippen LogP) is 3.78. The first-order valence-corrected chi connectivity index (χ1v) is 8.44. The highest BCUT2D eigenvalue weighted by molar-refractivity contribution is 5.92. The molecule has 0 spiro atoms. The molecular formula is C19H23N5O2. The van der Waals surface area contributed by atoms with E-state index in [4.69, 9.17) is 15.7 Å². The summed E-state index contributed by atoms with van der Waals surface area (Å²) in [4.78, 5) is 19.9. The molecule has 0 radical (unpaired) electrons. The molecule has 3 N–H and O–H groups in total. The third-order valence-electron chi connectivity index (χ3n) is 3.89. The average Bonchev–Trinajstić information content (AvgIpc) is 2.58. The minimum absolute atomic E-state index is 0.0798. The van der Waals surface area contributed by atoms with Crippen LogP contribution in [0.5, 0.6) is 11.8 Å². The van der Waals surface area contributed by atoms with Crippen LogP contribution in [0.4, 0.5) is 11.5 Å². The summed E-state index contributed by atoms with van der Waals surface area (Å²) < 4.78 is 5.81. The van der Waals surface area contributed by atoms with E-state index in [0.29, 0.717) is 24.3 Å². The number of hydrogen-bond acceptors (Lipinski definition) is 6. The Balaban J connectivity index is 2.24. The fourth-order valence-corrected chi connectivity index (χ4v) is 2.47. The van der Waals surface area contributed by atoms with Crippen molar-refractivity contribution < 1.29 is 9.53 Å². The Morgan fingerprint density at radius 3 is 2.77 bits per heavy atom. The van der Waals surface area contributed by atoms with E-state index in [1.807, 2.05) is 39.0 Å². The number of carbonyl (C=O) groups excluding carboxylic acids is 1. The molecule has 1 aromatic heterocycles. The Bertz CT molecular complexity index is 827. The highest BCUT2D eigenvalue weighted by Gasteiger charge is 2.24. The number of aromatic nitrogens is 2. The maximum absolute atomic E-state index is 11.7. The lowest BCUT2D eigenvalue weighted by molar-refractivity contribution is -0.116. The minimum Gasteiger partial charge on any atom is -0.424 e. The Morgan fingerprint density at radius 2 is 2.12 bits per heavy atom. The Morgan fingerprint density at radius 1 is 1.38 bits per heavy atom. The van der Waals surface area contributed by atoms with Gasteiger partial charge in [0, 0.05) is 23.8 Å². The molecule has 0 unspecified atom stereocenters. The number of rotatable bonds is 7. The van der Waals surface area contributed by atoms with Crippen LogP contribution in [0.3, 0.4) is 0 Å². The molecule has 1 amide bonds. The molecule has 0 saturated carbocycles. The zero-order chi connectivity index (χ0) is 19.2. The zero-order valence-electron chi connectivity index (χ0n) is 15.2. The van der Waals surface area contributed by atoms with Crippen molar-refractivity contribution in [1.29, 1.82) is 5.26 Å². The van der Waals surface area contributed by atoms with E-state index in [-0.39, 0.29) is 23.2 Å². The molecule has 136 valence electrons. The summed E-state index contributed by atoms with van der Waals surface area (Å²) >= 11 is 0. The Labute approximate surface area is 153 Å². The van der Waals surface area contributed by atoms with Crippen molar-refractivity contribution in [1.82, 2.24) is 9.97 Å². The van der Waals surface area contributed by atoms with Crippen molar-refractivity contribution in [2.24, 2.45) is 0 Å². The highest BCUT2D eigenvalue weighted by atomic mass is 16.5. The molecule has 0 aliphatic heterocycles. The van der Waals surface area contributed by atoms with E-state index in [9.17, 15) is 4.79 Å². The second kappa shape index (κ2) is 8.30. The maximum atomic E-state index is 11.7. The lowest BCUT2D eigenvalue weighted by Crippen LogP contribution is -2.17. The number of nitriles is 1. The first kappa shape index (κ1) is 19.2. The lowest BCUT2D eigenvalue weighted by Gasteiger charge is -2.24. The molecule has 0 aliphatic carbocycles. The van der Waals surface area contributed by atoms with Crippen molar-refractivity contribution in [3.05, 3.63) is 36.0 Å². The predicted molar refractivity (Wildman–Crippen MR) is 99.8 cm³/mol. The number of ether oxygens (including phenoxy) is 1. The van der Waals surface area contributed by atoms with Crippen LogP contribution in [0.15, 0.2) is 30.5 Å². The van der Waals surface area contributed by atoms with Gasteiger partial charge in [-0.1, -0.05) is 39.0 Å². The molecule has 7 heteroatoms. The number of nitrogens with one attached hydrogen (secondary N) is 1. The standard InChI is InChI=1S/C19H23N5O2/c1-4-7-16(25)23-14-12-22-18(24-17(14)21)26-15-9-6-5-8-13(15)19(2,3)10-11-20/h5-6,8-9,12H,4,7,10H2,1-3H3,(H,23,25)(H2,21,22,24). The third-order valence-corrected chi connectivity index (χ3v) is 3.89. The van der Waals surface area contributed by atoms with E-state index in [2.05, 4.69) is 21.4 Å². The van der Waals surface area contributed by atoms with Gasteiger partial charge in [-0.15, -0.1) is 0 Å². The number of nitrogen functional groups attached to an aromatic ring is 1. The van der Waals surface area contributed by atoms with Gasteiger partial charge in [0.2, 0.25) is 5.91 Å². The van der Waals surface area contributed by atoms with Gasteiger partial charge in [-0.2, -0.15) is 10.2 Å². The van der Waals surface area contributed by atoms with Crippen LogP contribution in [0.1, 0.15) is 45.6 Å². The van der Waals surface area contributed by atoms with Gasteiger partial charge < -0.3 is 15.8 Å². The summed E-state index contributed by atoms with van der Waals surface area (Å²) in [6.07, 6.45) is 2.91. The fourth-order valence-electron chi connectivity index (χ4n) is 2.47. The Hall–Kier alpha value is -3.14. The highest BCUT2D eigenvalue weighted by Crippen LogP contribution is 2.35. The lowest BCUT2D eigenvalue weighted by atomic mass is 9.81. The number of hydrogen-bond donors (Lipinski definition) is 2. The minimum atomic E-state index is -0.384. The largest absolute Gasteiger partial charge is 0.424 e. The van der Waals surface area contributed by atoms with Gasteiger partial charge in [0.05, 0.1) is 12.3 Å². The summed E-state index contributed by atoms with van der Waals surface area (Å²) in [7, 11) is 0. The van der Waals surface area contributed by atoms with Crippen LogP contribution in [0, 0.1) is 11.3 Å². The first-order chi connectivity index (χ1) is 12.4. The monoisotopic (exact) mass is 353 g/mol. The van der Waals surface area contributed by atoms with Gasteiger partial charge in [0.1, 0.15) is 11.4 Å². The van der Waals surface area contributed by atoms with E-state index < -0.39 is 0 Å². The van der Waals surface area contributed by atoms with Gasteiger partial charge in [-0.05, 0) is 12.5 Å². The number of nitrogens with two attached hydrogens (primary N) is 1. The van der Waals surface area contributed by atoms with Crippen LogP contribution < -0.4 is 15.8 Å². The fraction of sp³-hybridized carbons (Fsp3) is 0.368. The number of anilines is 2. The molecule has 2 aromatic rings. The number of amides is 1. The molecule has 7 nitrogen and oxygen atoms in total. The molecule has 0 aliphatic rings. The molecule has 0 saturated heterocycles. The molecular weight excluding hydrogens is 330 g/mol. The average molecular weight is 353 g/mol. The third kappa shape index (κ3) is 4.70. The zero-order valence-corrected chi connectivity index (χ0v) is 15.2. The van der Waals surface area contributed by atoms with E-state index in [1.54, 1.807) is 6.07 Å². The quantitative estimate of drug-likeness (QED) is 0.783. The molecule has 1 heterocycles.